The van der Waals surface area contributed by atoms with Crippen LogP contribution in [0.4, 0.5) is 17.1 Å². The average Bonchev–Trinajstić information content (AvgIpc) is 3.01. The highest BCUT2D eigenvalue weighted by Crippen LogP contribution is 2.36. The zero-order chi connectivity index (χ0) is 30.8. The number of anilines is 3. The Balaban J connectivity index is 0.000000416. The summed E-state index contributed by atoms with van der Waals surface area (Å²) >= 11 is 0. The van der Waals surface area contributed by atoms with E-state index in [1.807, 2.05) is 45.9 Å². The second kappa shape index (κ2) is 14.6. The minimum absolute atomic E-state index is 0.234. The minimum atomic E-state index is -0.234. The lowest BCUT2D eigenvalue weighted by Crippen LogP contribution is -2.48. The van der Waals surface area contributed by atoms with Crippen molar-refractivity contribution in [2.24, 2.45) is 0 Å². The maximum Gasteiger partial charge on any atom is 0.0905 e. The van der Waals surface area contributed by atoms with Gasteiger partial charge in [0, 0.05) is 31.3 Å². The first kappa shape index (κ1) is 32.3. The quantitative estimate of drug-likeness (QED) is 0.180. The van der Waals surface area contributed by atoms with Crippen LogP contribution in [0.2, 0.25) is 0 Å². The molecule has 0 aromatic heterocycles. The lowest BCUT2D eigenvalue weighted by molar-refractivity contribution is -0.147. The summed E-state index contributed by atoms with van der Waals surface area (Å²) in [6, 6.07) is 36.4. The van der Waals surface area contributed by atoms with Crippen molar-refractivity contribution < 1.29 is 9.47 Å². The fourth-order valence-electron chi connectivity index (χ4n) is 4.35. The normalized spacial score (nSPS) is 11.7. The van der Waals surface area contributed by atoms with Crippen molar-refractivity contribution in [3.63, 3.8) is 0 Å². The summed E-state index contributed by atoms with van der Waals surface area (Å²) in [6.45, 7) is 17.9. The van der Waals surface area contributed by atoms with Crippen LogP contribution in [0, 0.1) is 6.92 Å². The van der Waals surface area contributed by atoms with Crippen LogP contribution in [0.5, 0.6) is 0 Å². The summed E-state index contributed by atoms with van der Waals surface area (Å²) in [6.07, 6.45) is 5.62. The van der Waals surface area contributed by atoms with E-state index < -0.39 is 0 Å². The fraction of sp³-hybridized carbons (Fsp3) is 0.231. The summed E-state index contributed by atoms with van der Waals surface area (Å²) in [7, 11) is 3.39. The van der Waals surface area contributed by atoms with Crippen LogP contribution in [0.25, 0.3) is 16.7 Å². The third-order valence-electron chi connectivity index (χ3n) is 7.94. The van der Waals surface area contributed by atoms with Crippen molar-refractivity contribution in [3.8, 4) is 11.1 Å². The van der Waals surface area contributed by atoms with Crippen LogP contribution in [-0.4, -0.2) is 25.4 Å². The molecule has 0 saturated heterocycles. The van der Waals surface area contributed by atoms with Gasteiger partial charge in [0.2, 0.25) is 0 Å². The lowest BCUT2D eigenvalue weighted by Gasteiger charge is -2.38. The largest absolute Gasteiger partial charge is 0.376 e. The topological polar surface area (TPSA) is 21.7 Å². The van der Waals surface area contributed by atoms with E-state index in [1.54, 1.807) is 20.3 Å². The zero-order valence-corrected chi connectivity index (χ0v) is 26.2. The summed E-state index contributed by atoms with van der Waals surface area (Å²) < 4.78 is 10.5. The van der Waals surface area contributed by atoms with Gasteiger partial charge in [-0.1, -0.05) is 98.1 Å². The number of allylic oxidation sites excluding steroid dienone is 4. The molecule has 0 amide bonds. The molecule has 0 aliphatic carbocycles. The standard InChI is InChI=1S/C31H27N.C8H18O2/c1-4-10-25(5-2)27-15-19-29(20-16-27)32(31-14-9-11-24(3)23-31)30-21-17-28(18-22-30)26-12-7-6-8-13-26;1-7(2,9-5)8(3,4)10-6/h4-23H,1-2H2,3H3;1-6H3/b25-10+;. The van der Waals surface area contributed by atoms with E-state index in [9.17, 15) is 0 Å². The number of methoxy groups -OCH3 is 2. The van der Waals surface area contributed by atoms with Gasteiger partial charge < -0.3 is 14.4 Å². The monoisotopic (exact) mass is 559 g/mol. The number of hydrogen-bond donors (Lipinski definition) is 0. The predicted octanol–water partition coefficient (Wildman–Crippen LogP) is 10.7. The van der Waals surface area contributed by atoms with Gasteiger partial charge in [0.1, 0.15) is 0 Å². The summed E-state index contributed by atoms with van der Waals surface area (Å²) in [5, 5.41) is 0. The van der Waals surface area contributed by atoms with Crippen molar-refractivity contribution in [2.75, 3.05) is 19.1 Å². The first-order chi connectivity index (χ1) is 20.1. The van der Waals surface area contributed by atoms with Crippen molar-refractivity contribution >= 4 is 22.6 Å². The number of nitrogens with zero attached hydrogens (tertiary/aromatic N) is 1. The van der Waals surface area contributed by atoms with Crippen LogP contribution in [0.1, 0.15) is 38.8 Å². The highest BCUT2D eigenvalue weighted by atomic mass is 16.5. The smallest absolute Gasteiger partial charge is 0.0905 e. The van der Waals surface area contributed by atoms with Crippen molar-refractivity contribution in [2.45, 2.75) is 45.8 Å². The van der Waals surface area contributed by atoms with Gasteiger partial charge in [-0.2, -0.15) is 0 Å². The summed E-state index contributed by atoms with van der Waals surface area (Å²) in [5.41, 5.74) is 8.72. The molecule has 218 valence electrons. The van der Waals surface area contributed by atoms with E-state index in [-0.39, 0.29) is 11.2 Å². The highest BCUT2D eigenvalue weighted by Gasteiger charge is 2.37. The molecule has 0 bridgehead atoms. The molecule has 0 heterocycles. The maximum atomic E-state index is 5.27. The molecule has 0 N–H and O–H groups in total. The molecular weight excluding hydrogens is 514 g/mol. The predicted molar refractivity (Wildman–Crippen MR) is 182 cm³/mol. The highest BCUT2D eigenvalue weighted by molar-refractivity contribution is 5.81. The van der Waals surface area contributed by atoms with Crippen LogP contribution >= 0.6 is 0 Å². The first-order valence-corrected chi connectivity index (χ1v) is 14.2. The number of ether oxygens (including phenoxy) is 2. The number of aryl methyl sites for hydroxylation is 1. The molecular formula is C39H45NO2. The van der Waals surface area contributed by atoms with Gasteiger partial charge in [-0.3, -0.25) is 0 Å². The molecule has 0 radical (unpaired) electrons. The van der Waals surface area contributed by atoms with Gasteiger partial charge in [0.05, 0.1) is 11.2 Å². The van der Waals surface area contributed by atoms with E-state index in [0.717, 1.165) is 28.2 Å². The molecule has 0 saturated carbocycles. The second-order valence-corrected chi connectivity index (χ2v) is 11.1. The van der Waals surface area contributed by atoms with Crippen LogP contribution in [0.15, 0.2) is 135 Å². The third kappa shape index (κ3) is 7.97. The van der Waals surface area contributed by atoms with Gasteiger partial charge in [-0.05, 0) is 98.8 Å². The Bertz CT molecular complexity index is 1450. The molecule has 0 aliphatic rings. The molecule has 0 atom stereocenters. The SMILES string of the molecule is C=C/C=C(\C=C)c1ccc(N(c2ccc(-c3ccccc3)cc2)c2cccc(C)c2)cc1.COC(C)(C)C(C)(C)OC. The van der Waals surface area contributed by atoms with Gasteiger partial charge >= 0.3 is 0 Å². The molecule has 3 nitrogen and oxygen atoms in total. The lowest BCUT2D eigenvalue weighted by atomic mass is 9.89. The van der Waals surface area contributed by atoms with E-state index >= 15 is 0 Å². The maximum absolute atomic E-state index is 5.27. The van der Waals surface area contributed by atoms with Crippen molar-refractivity contribution in [1.82, 2.24) is 0 Å². The Hall–Kier alpha value is -4.18. The van der Waals surface area contributed by atoms with Gasteiger partial charge in [-0.25, -0.2) is 0 Å². The molecule has 0 unspecified atom stereocenters. The molecule has 0 spiro atoms. The molecule has 4 aromatic rings. The van der Waals surface area contributed by atoms with Gasteiger partial charge in [0.25, 0.3) is 0 Å². The van der Waals surface area contributed by atoms with Crippen LogP contribution in [0.3, 0.4) is 0 Å². The number of benzene rings is 4. The van der Waals surface area contributed by atoms with Gasteiger partial charge in [0.15, 0.2) is 0 Å². The Morgan fingerprint density at radius 3 is 1.64 bits per heavy atom. The average molecular weight is 560 g/mol. The second-order valence-electron chi connectivity index (χ2n) is 11.1. The summed E-state index contributed by atoms with van der Waals surface area (Å²) in [4.78, 5) is 2.29. The van der Waals surface area contributed by atoms with Crippen LogP contribution in [-0.2, 0) is 9.47 Å². The van der Waals surface area contributed by atoms with Crippen LogP contribution < -0.4 is 4.90 Å². The van der Waals surface area contributed by atoms with E-state index in [1.165, 1.54) is 16.7 Å². The molecule has 0 aliphatic heterocycles. The number of rotatable bonds is 10. The van der Waals surface area contributed by atoms with Crippen molar-refractivity contribution in [3.05, 3.63) is 146 Å². The van der Waals surface area contributed by atoms with E-state index in [2.05, 4.69) is 122 Å². The molecule has 4 aromatic carbocycles. The molecule has 4 rings (SSSR count). The molecule has 42 heavy (non-hydrogen) atoms. The first-order valence-electron chi connectivity index (χ1n) is 14.2. The van der Waals surface area contributed by atoms with E-state index in [0.29, 0.717) is 0 Å². The summed E-state index contributed by atoms with van der Waals surface area (Å²) in [5.74, 6) is 0. The van der Waals surface area contributed by atoms with Crippen molar-refractivity contribution in [1.29, 1.82) is 0 Å². The molecule has 0 fully saturated rings. The Morgan fingerprint density at radius 1 is 0.643 bits per heavy atom. The fourth-order valence-corrected chi connectivity index (χ4v) is 4.35. The minimum Gasteiger partial charge on any atom is -0.376 e. The molecule has 3 heteroatoms. The Labute approximate surface area is 253 Å². The third-order valence-corrected chi connectivity index (χ3v) is 7.94. The number of hydrogen-bond acceptors (Lipinski definition) is 3. The Morgan fingerprint density at radius 2 is 1.17 bits per heavy atom. The van der Waals surface area contributed by atoms with Gasteiger partial charge in [-0.15, -0.1) is 0 Å². The Kier molecular flexibility index (Phi) is 11.3. The van der Waals surface area contributed by atoms with E-state index in [4.69, 9.17) is 9.47 Å². The zero-order valence-electron chi connectivity index (χ0n) is 26.2.